The first-order valence-electron chi connectivity index (χ1n) is 11.9. The van der Waals surface area contributed by atoms with Gasteiger partial charge in [-0.3, -0.25) is 14.9 Å². The van der Waals surface area contributed by atoms with Gasteiger partial charge in [0.1, 0.15) is 5.69 Å². The highest BCUT2D eigenvalue weighted by Gasteiger charge is 2.32. The molecule has 0 saturated carbocycles. The van der Waals surface area contributed by atoms with Crippen molar-refractivity contribution in [2.24, 2.45) is 5.92 Å². The van der Waals surface area contributed by atoms with Crippen molar-refractivity contribution in [3.05, 3.63) is 28.3 Å². The molecule has 12 heteroatoms. The van der Waals surface area contributed by atoms with Gasteiger partial charge in [-0.25, -0.2) is 8.42 Å². The summed E-state index contributed by atoms with van der Waals surface area (Å²) >= 11 is 0. The number of amides is 1. The summed E-state index contributed by atoms with van der Waals surface area (Å²) < 4.78 is 32.4. The fourth-order valence-corrected chi connectivity index (χ4v) is 6.30. The quantitative estimate of drug-likeness (QED) is 0.458. The number of rotatable bonds is 6. The summed E-state index contributed by atoms with van der Waals surface area (Å²) in [6.45, 7) is 4.02. The molecule has 0 bridgehead atoms. The fraction of sp³-hybridized carbons (Fsp3) is 0.682. The van der Waals surface area contributed by atoms with E-state index in [0.29, 0.717) is 44.8 Å². The molecule has 11 nitrogen and oxygen atoms in total. The van der Waals surface area contributed by atoms with Crippen LogP contribution in [0.1, 0.15) is 25.7 Å². The Balaban J connectivity index is 1.41. The number of carbonyl (C=O) groups excluding carboxylic acids is 1. The van der Waals surface area contributed by atoms with E-state index < -0.39 is 14.9 Å². The van der Waals surface area contributed by atoms with Gasteiger partial charge in [0.25, 0.3) is 5.69 Å². The number of benzene rings is 1. The zero-order chi connectivity index (χ0) is 24.3. The van der Waals surface area contributed by atoms with Crippen LogP contribution in [0.15, 0.2) is 23.1 Å². The number of carbonyl (C=O) groups is 1. The van der Waals surface area contributed by atoms with Crippen LogP contribution in [0.5, 0.6) is 0 Å². The maximum Gasteiger partial charge on any atom is 0.293 e. The molecular formula is C22H33N5O6S. The molecule has 3 saturated heterocycles. The average molecular weight is 496 g/mol. The van der Waals surface area contributed by atoms with Crippen molar-refractivity contribution in [3.8, 4) is 0 Å². The zero-order valence-electron chi connectivity index (χ0n) is 19.5. The molecule has 0 unspecified atom stereocenters. The van der Waals surface area contributed by atoms with Crippen molar-refractivity contribution in [1.29, 1.82) is 0 Å². The Bertz CT molecular complexity index is 997. The molecule has 3 aliphatic heterocycles. The van der Waals surface area contributed by atoms with E-state index >= 15 is 0 Å². The third kappa shape index (κ3) is 5.51. The average Bonchev–Trinajstić information content (AvgIpc) is 2.85. The Morgan fingerprint density at radius 3 is 2.32 bits per heavy atom. The maximum absolute atomic E-state index is 12.9. The molecule has 4 rings (SSSR count). The van der Waals surface area contributed by atoms with Crippen LogP contribution >= 0.6 is 0 Å². The van der Waals surface area contributed by atoms with E-state index in [4.69, 9.17) is 4.74 Å². The summed E-state index contributed by atoms with van der Waals surface area (Å²) in [7, 11) is -1.75. The minimum absolute atomic E-state index is 0.0654. The van der Waals surface area contributed by atoms with Crippen molar-refractivity contribution in [2.75, 3.05) is 64.4 Å². The Morgan fingerprint density at radius 2 is 1.71 bits per heavy atom. The third-order valence-electron chi connectivity index (χ3n) is 7.02. The van der Waals surface area contributed by atoms with Crippen LogP contribution in [0, 0.1) is 16.0 Å². The number of ether oxygens (including phenoxy) is 1. The second kappa shape index (κ2) is 10.5. The highest BCUT2D eigenvalue weighted by molar-refractivity contribution is 7.89. The van der Waals surface area contributed by atoms with Crippen LogP contribution < -0.4 is 10.2 Å². The van der Waals surface area contributed by atoms with Crippen LogP contribution in [-0.2, 0) is 19.6 Å². The van der Waals surface area contributed by atoms with Gasteiger partial charge in [-0.05, 0) is 58.0 Å². The standard InChI is InChI=1S/C22H33N5O6S/c1-24-8-6-18(7-9-24)23-22(28)17-4-10-25(11-5-17)20-3-2-19(16-21(20)27(29)30)34(31,32)26-12-14-33-15-13-26/h2-3,16-18H,4-15H2,1H3,(H,23,28). The van der Waals surface area contributed by atoms with E-state index in [1.54, 1.807) is 0 Å². The molecule has 1 aromatic rings. The van der Waals surface area contributed by atoms with Crippen LogP contribution in [0.4, 0.5) is 11.4 Å². The van der Waals surface area contributed by atoms with Crippen LogP contribution in [0.25, 0.3) is 0 Å². The molecule has 0 atom stereocenters. The first kappa shape index (κ1) is 24.8. The van der Waals surface area contributed by atoms with Gasteiger partial charge < -0.3 is 19.9 Å². The van der Waals surface area contributed by atoms with Gasteiger partial charge in [0.2, 0.25) is 15.9 Å². The number of sulfonamides is 1. The van der Waals surface area contributed by atoms with E-state index in [-0.39, 0.29) is 41.5 Å². The SMILES string of the molecule is CN1CCC(NC(=O)C2CCN(c3ccc(S(=O)(=O)N4CCOCC4)cc3[N+](=O)[O-])CC2)CC1. The molecule has 1 aromatic carbocycles. The van der Waals surface area contributed by atoms with E-state index in [2.05, 4.69) is 17.3 Å². The predicted octanol–water partition coefficient (Wildman–Crippen LogP) is 1.04. The van der Waals surface area contributed by atoms with Crippen molar-refractivity contribution in [1.82, 2.24) is 14.5 Å². The molecule has 0 aromatic heterocycles. The number of hydrogen-bond acceptors (Lipinski definition) is 8. The number of hydrogen-bond donors (Lipinski definition) is 1. The third-order valence-corrected chi connectivity index (χ3v) is 8.92. The molecule has 188 valence electrons. The maximum atomic E-state index is 12.9. The molecule has 3 aliphatic rings. The van der Waals surface area contributed by atoms with Crippen molar-refractivity contribution in [2.45, 2.75) is 36.6 Å². The lowest BCUT2D eigenvalue weighted by Gasteiger charge is -2.35. The summed E-state index contributed by atoms with van der Waals surface area (Å²) in [5.74, 6) is -0.0495. The molecule has 0 aliphatic carbocycles. The van der Waals surface area contributed by atoms with Gasteiger partial charge in [0.15, 0.2) is 0 Å². The monoisotopic (exact) mass is 495 g/mol. The number of nitro benzene ring substituents is 1. The van der Waals surface area contributed by atoms with Crippen molar-refractivity contribution < 1.29 is 22.9 Å². The lowest BCUT2D eigenvalue weighted by molar-refractivity contribution is -0.384. The number of nitro groups is 1. The molecule has 3 heterocycles. The summed E-state index contributed by atoms with van der Waals surface area (Å²) in [6, 6.07) is 4.32. The van der Waals surface area contributed by atoms with Crippen LogP contribution in [0.3, 0.4) is 0 Å². The van der Waals surface area contributed by atoms with E-state index in [9.17, 15) is 23.3 Å². The summed E-state index contributed by atoms with van der Waals surface area (Å²) in [6.07, 6.45) is 3.10. The number of piperidine rings is 2. The molecule has 1 amide bonds. The minimum atomic E-state index is -3.83. The topological polar surface area (TPSA) is 125 Å². The van der Waals surface area contributed by atoms with Gasteiger partial charge in [0.05, 0.1) is 23.0 Å². The fourth-order valence-electron chi connectivity index (χ4n) is 4.87. The first-order valence-corrected chi connectivity index (χ1v) is 13.3. The molecule has 0 spiro atoms. The Labute approximate surface area is 200 Å². The lowest BCUT2D eigenvalue weighted by atomic mass is 9.94. The number of anilines is 1. The Morgan fingerprint density at radius 1 is 1.06 bits per heavy atom. The predicted molar refractivity (Wildman–Crippen MR) is 126 cm³/mol. The molecule has 0 radical (unpaired) electrons. The van der Waals surface area contributed by atoms with Crippen LogP contribution in [-0.4, -0.2) is 94.0 Å². The second-order valence-electron chi connectivity index (χ2n) is 9.27. The molecule has 3 fully saturated rings. The largest absolute Gasteiger partial charge is 0.379 e. The second-order valence-corrected chi connectivity index (χ2v) is 11.2. The van der Waals surface area contributed by atoms with Gasteiger partial charge in [-0.1, -0.05) is 0 Å². The van der Waals surface area contributed by atoms with Crippen molar-refractivity contribution >= 4 is 27.3 Å². The van der Waals surface area contributed by atoms with Crippen LogP contribution in [0.2, 0.25) is 0 Å². The van der Waals surface area contributed by atoms with Gasteiger partial charge >= 0.3 is 0 Å². The summed E-state index contributed by atoms with van der Waals surface area (Å²) in [4.78, 5) is 28.1. The first-order chi connectivity index (χ1) is 16.3. The van der Waals surface area contributed by atoms with E-state index in [1.165, 1.54) is 16.4 Å². The Kier molecular flexibility index (Phi) is 7.70. The van der Waals surface area contributed by atoms with E-state index in [0.717, 1.165) is 32.0 Å². The van der Waals surface area contributed by atoms with Gasteiger partial charge in [-0.15, -0.1) is 0 Å². The zero-order valence-corrected chi connectivity index (χ0v) is 20.3. The summed E-state index contributed by atoms with van der Waals surface area (Å²) in [5, 5.41) is 15.0. The smallest absolute Gasteiger partial charge is 0.293 e. The number of likely N-dealkylation sites (tertiary alicyclic amines) is 1. The minimum Gasteiger partial charge on any atom is -0.379 e. The normalized spacial score (nSPS) is 22.0. The molecule has 1 N–H and O–H groups in total. The van der Waals surface area contributed by atoms with E-state index in [1.807, 2.05) is 4.90 Å². The highest BCUT2D eigenvalue weighted by atomic mass is 32.2. The van der Waals surface area contributed by atoms with Crippen molar-refractivity contribution in [3.63, 3.8) is 0 Å². The summed E-state index contributed by atoms with van der Waals surface area (Å²) in [5.41, 5.74) is 0.156. The van der Waals surface area contributed by atoms with Gasteiger partial charge in [0, 0.05) is 44.2 Å². The number of morpholine rings is 1. The Hall–Kier alpha value is -2.28. The molecule has 34 heavy (non-hydrogen) atoms. The van der Waals surface area contributed by atoms with Gasteiger partial charge in [-0.2, -0.15) is 4.31 Å². The molecular weight excluding hydrogens is 462 g/mol. The lowest BCUT2D eigenvalue weighted by Crippen LogP contribution is -2.47. The number of nitrogens with one attached hydrogen (secondary N) is 1. The number of nitrogens with zero attached hydrogens (tertiary/aromatic N) is 4. The highest BCUT2D eigenvalue weighted by Crippen LogP contribution is 2.34.